The molecule has 2 aromatic heterocycles. The van der Waals surface area contributed by atoms with E-state index in [1.807, 2.05) is 97.9 Å². The van der Waals surface area contributed by atoms with E-state index < -0.39 is 0 Å². The van der Waals surface area contributed by atoms with Gasteiger partial charge in [0.1, 0.15) is 12.4 Å². The lowest BCUT2D eigenvalue weighted by molar-refractivity contribution is 0.306. The minimum atomic E-state index is -0.208. The zero-order chi connectivity index (χ0) is 27.5. The van der Waals surface area contributed by atoms with Crippen LogP contribution in [0.1, 0.15) is 22.5 Å². The molecule has 6 heteroatoms. The van der Waals surface area contributed by atoms with E-state index in [0.29, 0.717) is 23.3 Å². The fraction of sp³-hybridized carbons (Fsp3) is 0.0882. The predicted molar refractivity (Wildman–Crippen MR) is 160 cm³/mol. The molecule has 196 valence electrons. The summed E-state index contributed by atoms with van der Waals surface area (Å²) in [6, 6.07) is 37.3. The molecule has 0 atom stereocenters. The third-order valence-electron chi connectivity index (χ3n) is 6.91. The van der Waals surface area contributed by atoms with Crippen molar-refractivity contribution in [1.82, 2.24) is 14.2 Å². The third-order valence-corrected chi connectivity index (χ3v) is 6.91. The maximum Gasteiger partial charge on any atom is 0.282 e. The molecule has 0 N–H and O–H groups in total. The Kier molecular flexibility index (Phi) is 6.81. The van der Waals surface area contributed by atoms with Crippen LogP contribution < -0.4 is 10.3 Å². The minimum Gasteiger partial charge on any atom is -0.489 e. The van der Waals surface area contributed by atoms with Crippen LogP contribution in [0.15, 0.2) is 125 Å². The molecular weight excluding hydrogens is 496 g/mol. The molecule has 0 saturated carbocycles. The predicted octanol–water partition coefficient (Wildman–Crippen LogP) is 6.93. The molecule has 0 fully saturated rings. The number of benzene rings is 4. The van der Waals surface area contributed by atoms with Crippen molar-refractivity contribution < 1.29 is 4.74 Å². The van der Waals surface area contributed by atoms with Crippen LogP contribution in [0.4, 0.5) is 0 Å². The molecule has 2 heterocycles. The summed E-state index contributed by atoms with van der Waals surface area (Å²) in [6.07, 6.45) is 1.74. The highest BCUT2D eigenvalue weighted by Gasteiger charge is 2.14. The Morgan fingerprint density at radius 3 is 2.25 bits per heavy atom. The maximum absolute atomic E-state index is 13.5. The van der Waals surface area contributed by atoms with Gasteiger partial charge in [-0.3, -0.25) is 4.79 Å². The standard InChI is InChI=1S/C34H28N4O2/c1-24-21-28(25(2)37(24)29-17-19-30(20-18-29)40-23-26-11-5-3-6-12-26)22-35-38-33(27-13-7-4-8-14-27)36-32-16-10-9-15-31(32)34(38)39/h3-22H,23H2,1-2H3. The second kappa shape index (κ2) is 10.9. The van der Waals surface area contributed by atoms with Crippen LogP contribution >= 0.6 is 0 Å². The van der Waals surface area contributed by atoms with Crippen LogP contribution in [0.3, 0.4) is 0 Å². The molecule has 4 aromatic carbocycles. The number of aryl methyl sites for hydroxylation is 1. The second-order valence-electron chi connectivity index (χ2n) is 9.61. The number of fused-ring (bicyclic) bond motifs is 1. The van der Waals surface area contributed by atoms with E-state index in [2.05, 4.69) is 34.8 Å². The van der Waals surface area contributed by atoms with Crippen molar-refractivity contribution in [2.75, 3.05) is 0 Å². The van der Waals surface area contributed by atoms with Gasteiger partial charge in [-0.1, -0.05) is 72.8 Å². The van der Waals surface area contributed by atoms with E-state index in [4.69, 9.17) is 9.72 Å². The average molecular weight is 525 g/mol. The number of para-hydroxylation sites is 1. The van der Waals surface area contributed by atoms with Crippen molar-refractivity contribution in [1.29, 1.82) is 0 Å². The Hall–Kier alpha value is -5.23. The molecule has 0 radical (unpaired) electrons. The normalized spacial score (nSPS) is 11.3. The summed E-state index contributed by atoms with van der Waals surface area (Å²) in [4.78, 5) is 18.3. The van der Waals surface area contributed by atoms with Gasteiger partial charge >= 0.3 is 0 Å². The van der Waals surface area contributed by atoms with E-state index in [9.17, 15) is 4.79 Å². The van der Waals surface area contributed by atoms with Crippen molar-refractivity contribution in [3.63, 3.8) is 0 Å². The lowest BCUT2D eigenvalue weighted by Gasteiger charge is -2.12. The Labute approximate surface area is 232 Å². The van der Waals surface area contributed by atoms with E-state index in [1.54, 1.807) is 12.3 Å². The Morgan fingerprint density at radius 2 is 1.50 bits per heavy atom. The molecule has 6 aromatic rings. The summed E-state index contributed by atoms with van der Waals surface area (Å²) in [6.45, 7) is 4.63. The molecule has 6 nitrogen and oxygen atoms in total. The Balaban J connectivity index is 1.32. The molecule has 0 aliphatic heterocycles. The van der Waals surface area contributed by atoms with Crippen LogP contribution in [0.2, 0.25) is 0 Å². The van der Waals surface area contributed by atoms with E-state index in [-0.39, 0.29) is 5.56 Å². The van der Waals surface area contributed by atoms with Crippen molar-refractivity contribution >= 4 is 17.1 Å². The highest BCUT2D eigenvalue weighted by molar-refractivity contribution is 5.83. The van der Waals surface area contributed by atoms with Crippen molar-refractivity contribution in [2.24, 2.45) is 5.10 Å². The van der Waals surface area contributed by atoms with E-state index in [0.717, 1.165) is 39.5 Å². The third kappa shape index (κ3) is 4.95. The molecule has 0 bridgehead atoms. The zero-order valence-electron chi connectivity index (χ0n) is 22.4. The smallest absolute Gasteiger partial charge is 0.282 e. The van der Waals surface area contributed by atoms with Crippen molar-refractivity contribution in [3.8, 4) is 22.8 Å². The number of nitrogens with zero attached hydrogens (tertiary/aromatic N) is 4. The molecule has 6 rings (SSSR count). The molecule has 40 heavy (non-hydrogen) atoms. The molecule has 0 aliphatic carbocycles. The van der Waals surface area contributed by atoms with Crippen LogP contribution in [0.25, 0.3) is 28.0 Å². The molecular formula is C34H28N4O2. The maximum atomic E-state index is 13.5. The first kappa shape index (κ1) is 25.1. The van der Waals surface area contributed by atoms with E-state index >= 15 is 0 Å². The number of ether oxygens (including phenoxy) is 1. The first-order valence-corrected chi connectivity index (χ1v) is 13.2. The van der Waals surface area contributed by atoms with Crippen LogP contribution in [0.5, 0.6) is 5.75 Å². The van der Waals surface area contributed by atoms with Gasteiger partial charge < -0.3 is 9.30 Å². The van der Waals surface area contributed by atoms with Gasteiger partial charge in [0.2, 0.25) is 0 Å². The van der Waals surface area contributed by atoms with Crippen molar-refractivity contribution in [2.45, 2.75) is 20.5 Å². The molecule has 0 amide bonds. The number of hydrogen-bond donors (Lipinski definition) is 0. The number of rotatable bonds is 7. The van der Waals surface area contributed by atoms with Gasteiger partial charge in [-0.15, -0.1) is 0 Å². The summed E-state index contributed by atoms with van der Waals surface area (Å²) in [5.74, 6) is 1.31. The van der Waals surface area contributed by atoms with Gasteiger partial charge in [0.05, 0.1) is 17.1 Å². The minimum absolute atomic E-state index is 0.208. The number of aromatic nitrogens is 3. The van der Waals surface area contributed by atoms with Gasteiger partial charge in [-0.25, -0.2) is 4.98 Å². The molecule has 0 spiro atoms. The second-order valence-corrected chi connectivity index (χ2v) is 9.61. The van der Waals surface area contributed by atoms with Crippen molar-refractivity contribution in [3.05, 3.63) is 148 Å². The summed E-state index contributed by atoms with van der Waals surface area (Å²) in [7, 11) is 0. The molecule has 0 saturated heterocycles. The summed E-state index contributed by atoms with van der Waals surface area (Å²) >= 11 is 0. The lowest BCUT2D eigenvalue weighted by Crippen LogP contribution is -2.20. The highest BCUT2D eigenvalue weighted by atomic mass is 16.5. The molecule has 0 unspecified atom stereocenters. The van der Waals surface area contributed by atoms with Gasteiger partial charge in [0.15, 0.2) is 5.82 Å². The summed E-state index contributed by atoms with van der Waals surface area (Å²) in [5.41, 5.74) is 6.41. The quantitative estimate of drug-likeness (QED) is 0.213. The highest BCUT2D eigenvalue weighted by Crippen LogP contribution is 2.23. The van der Waals surface area contributed by atoms with Crippen LogP contribution in [-0.2, 0) is 6.61 Å². The number of hydrogen-bond acceptors (Lipinski definition) is 4. The fourth-order valence-corrected chi connectivity index (χ4v) is 4.87. The SMILES string of the molecule is Cc1cc(C=Nn2c(-c3ccccc3)nc3ccccc3c2=O)c(C)n1-c1ccc(OCc2ccccc2)cc1. The first-order valence-electron chi connectivity index (χ1n) is 13.2. The Morgan fingerprint density at radius 1 is 0.825 bits per heavy atom. The monoisotopic (exact) mass is 524 g/mol. The van der Waals surface area contributed by atoms with Gasteiger partial charge in [0, 0.05) is 28.2 Å². The van der Waals surface area contributed by atoms with Gasteiger partial charge in [-0.2, -0.15) is 9.78 Å². The summed E-state index contributed by atoms with van der Waals surface area (Å²) in [5, 5.41) is 5.19. The van der Waals surface area contributed by atoms with E-state index in [1.165, 1.54) is 4.68 Å². The van der Waals surface area contributed by atoms with Gasteiger partial charge in [-0.05, 0) is 61.9 Å². The van der Waals surface area contributed by atoms with Gasteiger partial charge in [0.25, 0.3) is 5.56 Å². The molecule has 0 aliphatic rings. The topological polar surface area (TPSA) is 61.4 Å². The lowest BCUT2D eigenvalue weighted by atomic mass is 10.2. The largest absolute Gasteiger partial charge is 0.489 e. The first-order chi connectivity index (χ1) is 19.6. The van der Waals surface area contributed by atoms with Crippen LogP contribution in [-0.4, -0.2) is 20.4 Å². The average Bonchev–Trinajstić information content (AvgIpc) is 3.29. The summed E-state index contributed by atoms with van der Waals surface area (Å²) < 4.78 is 9.52. The van der Waals surface area contributed by atoms with Crippen LogP contribution in [0, 0.1) is 13.8 Å². The fourth-order valence-electron chi connectivity index (χ4n) is 4.87. The Bertz CT molecular complexity index is 1870. The zero-order valence-corrected chi connectivity index (χ0v) is 22.4.